The molecule has 0 saturated carbocycles. The van der Waals surface area contributed by atoms with Gasteiger partial charge in [0, 0.05) is 34.8 Å². The molecular formula is C37H32N6O18S6. The average Bonchev–Trinajstić information content (AvgIpc) is 3.25. The first-order valence-corrected chi connectivity index (χ1v) is 25.2. The van der Waals surface area contributed by atoms with Gasteiger partial charge in [-0.1, -0.05) is 35.4 Å². The molecule has 24 nitrogen and oxygen atoms in total. The van der Waals surface area contributed by atoms with Gasteiger partial charge in [-0.3, -0.25) is 18.5 Å². The molecule has 0 amide bonds. The van der Waals surface area contributed by atoms with Gasteiger partial charge in [0.1, 0.15) is 26.9 Å². The maximum atomic E-state index is 13.4. The summed E-state index contributed by atoms with van der Waals surface area (Å²) in [6, 6.07) is 22.7. The van der Waals surface area contributed by atoms with E-state index in [1.807, 2.05) is 24.3 Å². The number of benzene rings is 6. The van der Waals surface area contributed by atoms with Crippen LogP contribution in [0.2, 0.25) is 0 Å². The fourth-order valence-corrected chi connectivity index (χ4v) is 9.89. The molecule has 0 saturated heterocycles. The number of hydrogen-bond acceptors (Lipinski definition) is 22. The Balaban J connectivity index is 0.00000840. The maximum Gasteiger partial charge on any atom is 0.433 e. The van der Waals surface area contributed by atoms with Crippen LogP contribution in [0.5, 0.6) is 5.75 Å². The predicted octanol–water partition coefficient (Wildman–Crippen LogP) is 6.88. The molecule has 0 heterocycles. The normalized spacial score (nSPS) is 12.3. The number of sulfone groups is 1. The van der Waals surface area contributed by atoms with E-state index in [2.05, 4.69) is 44.3 Å². The van der Waals surface area contributed by atoms with Gasteiger partial charge < -0.3 is 21.2 Å². The van der Waals surface area contributed by atoms with Crippen LogP contribution < -0.4 is 10.6 Å². The van der Waals surface area contributed by atoms with Crippen LogP contribution in [0, 0.1) is 11.4 Å². The summed E-state index contributed by atoms with van der Waals surface area (Å²) in [6.45, 7) is 0.117. The number of nitrogens with two attached hydrogens (primary N) is 1. The fourth-order valence-electron chi connectivity index (χ4n) is 5.97. The van der Waals surface area contributed by atoms with Gasteiger partial charge in [0.05, 0.1) is 44.3 Å². The highest BCUT2D eigenvalue weighted by Gasteiger charge is 2.27. The van der Waals surface area contributed by atoms with Crippen molar-refractivity contribution in [2.45, 2.75) is 24.5 Å². The zero-order valence-electron chi connectivity index (χ0n) is 33.5. The van der Waals surface area contributed by atoms with Gasteiger partial charge in [-0.25, -0.2) is 13.7 Å². The van der Waals surface area contributed by atoms with Gasteiger partial charge in [0.15, 0.2) is 21.7 Å². The zero-order chi connectivity index (χ0) is 48.0. The van der Waals surface area contributed by atoms with Crippen molar-refractivity contribution in [2.75, 3.05) is 30.0 Å². The first-order valence-electron chi connectivity index (χ1n) is 17.8. The van der Waals surface area contributed by atoms with Crippen molar-refractivity contribution in [2.24, 2.45) is 20.5 Å². The molecule has 0 bridgehead atoms. The van der Waals surface area contributed by atoms with Crippen molar-refractivity contribution in [1.82, 2.24) is 0 Å². The lowest BCUT2D eigenvalue weighted by Gasteiger charge is -2.19. The van der Waals surface area contributed by atoms with Crippen molar-refractivity contribution in [3.05, 3.63) is 97.1 Å². The third-order valence-corrected chi connectivity index (χ3v) is 14.0. The molecule has 0 spiro atoms. The van der Waals surface area contributed by atoms with Gasteiger partial charge in [0.2, 0.25) is 0 Å². The second kappa shape index (κ2) is 21.3. The lowest BCUT2D eigenvalue weighted by atomic mass is 10.1. The van der Waals surface area contributed by atoms with Gasteiger partial charge in [-0.05, 0) is 93.6 Å². The molecule has 0 fully saturated rings. The van der Waals surface area contributed by atoms with E-state index in [4.69, 9.17) is 15.5 Å². The SMILES string of the molecule is CN(CCS(=O)(=O)c1ccc2c(S(=O)(=O)O)c(N=Nc3c(S(=O)(=O)O)cc4cc(SOOO)c(N=Nc5ccc(SC#COOS(=O)(=O)O)cc5)c(N)c4c3O)ccc2c1)c1ccccc1.O. The van der Waals surface area contributed by atoms with Crippen molar-refractivity contribution in [3.8, 4) is 17.1 Å². The predicted molar refractivity (Wildman–Crippen MR) is 242 cm³/mol. The zero-order valence-corrected chi connectivity index (χ0v) is 38.4. The first kappa shape index (κ1) is 52.0. The molecule has 0 aliphatic rings. The van der Waals surface area contributed by atoms with Crippen molar-refractivity contribution >= 4 is 120 Å². The summed E-state index contributed by atoms with van der Waals surface area (Å²) in [6.07, 6.45) is 1.88. The number of phenolic OH excluding ortho intramolecular Hbond substituents is 1. The minimum absolute atomic E-state index is 0. The minimum Gasteiger partial charge on any atom is -0.505 e. The number of aromatic hydroxyl groups is 1. The Morgan fingerprint density at radius 3 is 2.10 bits per heavy atom. The highest BCUT2D eigenvalue weighted by Crippen LogP contribution is 2.50. The highest BCUT2D eigenvalue weighted by atomic mass is 32.3. The van der Waals surface area contributed by atoms with E-state index < -0.39 is 73.1 Å². The van der Waals surface area contributed by atoms with Crippen LogP contribution in [-0.2, 0) is 59.1 Å². The van der Waals surface area contributed by atoms with Crippen LogP contribution in [0.3, 0.4) is 0 Å². The number of hydrogen-bond donors (Lipinski definition) is 6. The Kier molecular flexibility index (Phi) is 16.5. The molecule has 0 radical (unpaired) electrons. The van der Waals surface area contributed by atoms with Crippen LogP contribution >= 0.6 is 23.8 Å². The largest absolute Gasteiger partial charge is 0.505 e. The number of anilines is 2. The Morgan fingerprint density at radius 2 is 1.46 bits per heavy atom. The minimum atomic E-state index is -5.27. The number of para-hydroxylation sites is 1. The third kappa shape index (κ3) is 12.9. The quantitative estimate of drug-likeness (QED) is 0.00792. The summed E-state index contributed by atoms with van der Waals surface area (Å²) in [5.41, 5.74) is 5.21. The summed E-state index contributed by atoms with van der Waals surface area (Å²) in [7, 11) is -17.5. The molecule has 354 valence electrons. The molecule has 0 aliphatic heterocycles. The summed E-state index contributed by atoms with van der Waals surface area (Å²) >= 11 is 1.18. The smallest absolute Gasteiger partial charge is 0.433 e. The Bertz CT molecular complexity index is 3430. The number of azo groups is 2. The molecule has 9 N–H and O–H groups in total. The first-order chi connectivity index (χ1) is 31.1. The molecule has 0 atom stereocenters. The van der Waals surface area contributed by atoms with E-state index in [1.165, 1.54) is 36.4 Å². The maximum absolute atomic E-state index is 13.4. The van der Waals surface area contributed by atoms with E-state index in [0.29, 0.717) is 16.9 Å². The summed E-state index contributed by atoms with van der Waals surface area (Å²) in [4.78, 5) is 4.11. The van der Waals surface area contributed by atoms with Crippen molar-refractivity contribution in [3.63, 3.8) is 0 Å². The standard InChI is InChI=1S/C37H30N6O17S6.H2O/c1-43(25-5-3-2-4-6-25)15-18-63(46,47)27-12-13-28-22(19-27)7-14-29(37(28)65(51,52)53)40-42-35-31(64(48,49)50)21-23-20-30(62-59-58-45)34(33(38)32(23)36(35)44)41-39-24-8-10-26(11-9-24)61-17-16-57-60-66(54,55)56;/h2-14,19-21,44-45H,15,18,38H2,1H3,(H,48,49,50)(H,51,52,53)(H,54,55,56);1H2. The van der Waals surface area contributed by atoms with Gasteiger partial charge in [-0.15, -0.1) is 19.7 Å². The van der Waals surface area contributed by atoms with Crippen LogP contribution in [0.1, 0.15) is 0 Å². The molecule has 0 unspecified atom stereocenters. The second-order valence-electron chi connectivity index (χ2n) is 13.1. The molecule has 6 aromatic carbocycles. The summed E-state index contributed by atoms with van der Waals surface area (Å²) < 4.78 is 136. The molecule has 0 aliphatic carbocycles. The monoisotopic (exact) mass is 1040 g/mol. The fraction of sp³-hybridized carbons (Fsp3) is 0.0811. The Hall–Kier alpha value is -6.02. The molecule has 6 aromatic rings. The van der Waals surface area contributed by atoms with E-state index in [1.54, 1.807) is 24.1 Å². The molecule has 0 aromatic heterocycles. The van der Waals surface area contributed by atoms with Crippen molar-refractivity contribution < 1.29 is 81.8 Å². The average molecular weight is 1040 g/mol. The molecule has 6 rings (SSSR count). The number of phenols is 1. The second-order valence-corrected chi connectivity index (χ2v) is 20.6. The van der Waals surface area contributed by atoms with E-state index in [9.17, 15) is 47.9 Å². The van der Waals surface area contributed by atoms with Gasteiger partial charge >= 0.3 is 10.4 Å². The number of nitrogen functional groups attached to an aromatic ring is 1. The number of fused-ring (bicyclic) bond motifs is 2. The molecular weight excluding hydrogens is 1010 g/mol. The topological polar surface area (TPSA) is 385 Å². The highest BCUT2D eigenvalue weighted by molar-refractivity contribution is 8.04. The lowest BCUT2D eigenvalue weighted by molar-refractivity contribution is -0.432. The van der Waals surface area contributed by atoms with Gasteiger partial charge in [0.25, 0.3) is 20.2 Å². The van der Waals surface area contributed by atoms with Crippen LogP contribution in [0.15, 0.2) is 142 Å². The Labute approximate surface area is 388 Å². The van der Waals surface area contributed by atoms with Crippen molar-refractivity contribution in [1.29, 1.82) is 0 Å². The van der Waals surface area contributed by atoms with Gasteiger partial charge in [-0.2, -0.15) is 30.4 Å². The molecule has 30 heteroatoms. The third-order valence-electron chi connectivity index (χ3n) is 8.91. The number of thioether (sulfide) groups is 1. The number of nitrogens with zero attached hydrogens (tertiary/aromatic N) is 5. The van der Waals surface area contributed by atoms with Crippen LogP contribution in [0.4, 0.5) is 34.1 Å². The van der Waals surface area contributed by atoms with E-state index >= 15 is 0 Å². The Morgan fingerprint density at radius 1 is 0.776 bits per heavy atom. The summed E-state index contributed by atoms with van der Waals surface area (Å²) in [5.74, 6) is -1.33. The van der Waals surface area contributed by atoms with Crippen LogP contribution in [0.25, 0.3) is 21.5 Å². The lowest BCUT2D eigenvalue weighted by Crippen LogP contribution is -2.25. The van der Waals surface area contributed by atoms with Crippen LogP contribution in [-0.4, -0.2) is 82.5 Å². The van der Waals surface area contributed by atoms with E-state index in [-0.39, 0.29) is 60.5 Å². The summed E-state index contributed by atoms with van der Waals surface area (Å²) in [5, 5.41) is 41.6. The number of rotatable bonds is 17. The van der Waals surface area contributed by atoms with E-state index in [0.717, 1.165) is 47.8 Å². The molecule has 67 heavy (non-hydrogen) atoms.